The van der Waals surface area contributed by atoms with Gasteiger partial charge in [0.15, 0.2) is 0 Å². The lowest BCUT2D eigenvalue weighted by atomic mass is 9.69. The Bertz CT molecular complexity index is 1510. The Morgan fingerprint density at radius 3 is 2.33 bits per heavy atom. The van der Waals surface area contributed by atoms with E-state index in [-0.39, 0.29) is 5.92 Å². The van der Waals surface area contributed by atoms with Crippen molar-refractivity contribution in [1.29, 1.82) is 0 Å². The van der Waals surface area contributed by atoms with Crippen LogP contribution in [-0.4, -0.2) is 0 Å². The highest BCUT2D eigenvalue weighted by molar-refractivity contribution is 5.77. The first-order valence-electron chi connectivity index (χ1n) is 15.0. The molecular formula is C40H44. The lowest BCUT2D eigenvalue weighted by Crippen LogP contribution is -2.21. The van der Waals surface area contributed by atoms with E-state index >= 15 is 0 Å². The molecule has 3 aliphatic carbocycles. The van der Waals surface area contributed by atoms with Gasteiger partial charge >= 0.3 is 0 Å². The molecule has 0 amide bonds. The van der Waals surface area contributed by atoms with Gasteiger partial charge in [-0.2, -0.15) is 0 Å². The van der Waals surface area contributed by atoms with Crippen LogP contribution >= 0.6 is 0 Å². The first-order chi connectivity index (χ1) is 19.3. The van der Waals surface area contributed by atoms with E-state index in [0.29, 0.717) is 5.92 Å². The SMILES string of the molecule is C=C(CCC)C1=C(C)C=C2C/C(=C\C3=CC=C(c4cccc(C(=C)CCC)c4)C3)C(=C)C2C1c1ccc(C)cc1. The van der Waals surface area contributed by atoms with Crippen LogP contribution in [0.2, 0.25) is 0 Å². The Morgan fingerprint density at radius 2 is 1.60 bits per heavy atom. The Morgan fingerprint density at radius 1 is 0.875 bits per heavy atom. The van der Waals surface area contributed by atoms with Gasteiger partial charge in [0.2, 0.25) is 0 Å². The number of hydrogen-bond donors (Lipinski definition) is 0. The quantitative estimate of drug-likeness (QED) is 0.306. The summed E-state index contributed by atoms with van der Waals surface area (Å²) in [6, 6.07) is 18.1. The average molecular weight is 525 g/mol. The molecule has 3 aliphatic rings. The smallest absolute Gasteiger partial charge is 0.0201 e. The van der Waals surface area contributed by atoms with E-state index < -0.39 is 0 Å². The molecule has 40 heavy (non-hydrogen) atoms. The third-order valence-corrected chi connectivity index (χ3v) is 8.87. The van der Waals surface area contributed by atoms with Crippen LogP contribution in [0.1, 0.15) is 87.5 Å². The molecule has 2 unspecified atom stereocenters. The van der Waals surface area contributed by atoms with E-state index in [1.54, 1.807) is 0 Å². The number of hydrogen-bond acceptors (Lipinski definition) is 0. The normalized spacial score (nSPS) is 21.4. The molecule has 1 fully saturated rings. The molecule has 0 N–H and O–H groups in total. The zero-order valence-electron chi connectivity index (χ0n) is 24.9. The topological polar surface area (TPSA) is 0 Å². The van der Waals surface area contributed by atoms with Gasteiger partial charge in [-0.25, -0.2) is 0 Å². The van der Waals surface area contributed by atoms with Gasteiger partial charge in [-0.05, 0) is 101 Å². The Balaban J connectivity index is 1.40. The predicted octanol–water partition coefficient (Wildman–Crippen LogP) is 11.4. The van der Waals surface area contributed by atoms with Crippen molar-refractivity contribution in [1.82, 2.24) is 0 Å². The van der Waals surface area contributed by atoms with Gasteiger partial charge in [-0.1, -0.05) is 130 Å². The maximum atomic E-state index is 4.73. The molecule has 5 rings (SSSR count). The average Bonchev–Trinajstić information content (AvgIpc) is 3.53. The second-order valence-corrected chi connectivity index (χ2v) is 12.0. The molecule has 2 aromatic carbocycles. The van der Waals surface area contributed by atoms with Gasteiger partial charge in [0.05, 0.1) is 0 Å². The molecule has 0 heteroatoms. The van der Waals surface area contributed by atoms with Crippen LogP contribution < -0.4 is 0 Å². The van der Waals surface area contributed by atoms with Crippen LogP contribution in [0.5, 0.6) is 0 Å². The summed E-state index contributed by atoms with van der Waals surface area (Å²) in [5.74, 6) is 0.584. The highest BCUT2D eigenvalue weighted by Crippen LogP contribution is 2.55. The van der Waals surface area contributed by atoms with Crippen molar-refractivity contribution in [3.05, 3.63) is 154 Å². The monoisotopic (exact) mass is 524 g/mol. The van der Waals surface area contributed by atoms with E-state index in [1.807, 2.05) is 0 Å². The molecule has 0 aromatic heterocycles. The summed E-state index contributed by atoms with van der Waals surface area (Å²) in [5.41, 5.74) is 17.5. The van der Waals surface area contributed by atoms with Gasteiger partial charge < -0.3 is 0 Å². The van der Waals surface area contributed by atoms with Gasteiger partial charge in [0, 0.05) is 11.8 Å². The summed E-state index contributed by atoms with van der Waals surface area (Å²) in [6.07, 6.45) is 15.7. The van der Waals surface area contributed by atoms with Crippen molar-refractivity contribution >= 4 is 11.1 Å². The van der Waals surface area contributed by atoms with Crippen LogP contribution in [0.4, 0.5) is 0 Å². The lowest BCUT2D eigenvalue weighted by molar-refractivity contribution is 0.619. The summed E-state index contributed by atoms with van der Waals surface area (Å²) in [7, 11) is 0. The molecule has 0 saturated heterocycles. The van der Waals surface area contributed by atoms with Crippen LogP contribution in [0.25, 0.3) is 11.1 Å². The summed E-state index contributed by atoms with van der Waals surface area (Å²) >= 11 is 0. The van der Waals surface area contributed by atoms with E-state index in [0.717, 1.165) is 38.5 Å². The zero-order chi connectivity index (χ0) is 28.4. The minimum absolute atomic E-state index is 0.281. The van der Waals surface area contributed by atoms with Crippen molar-refractivity contribution < 1.29 is 0 Å². The maximum absolute atomic E-state index is 4.73. The fourth-order valence-corrected chi connectivity index (χ4v) is 6.85. The number of fused-ring (bicyclic) bond motifs is 1. The summed E-state index contributed by atoms with van der Waals surface area (Å²) in [4.78, 5) is 0. The number of aryl methyl sites for hydroxylation is 1. The molecule has 0 nitrogen and oxygen atoms in total. The standard InChI is InChI=1S/C40H44/c1-8-11-27(4)33-13-10-14-34(24-33)35-20-17-31(22-35)23-36-25-37-21-29(6)38(28(5)12-9-2)40(39(37)30(36)7)32-18-15-26(3)16-19-32/h10,13-21,23-24,39-40H,4-5,7-9,11-12,22,25H2,1-3,6H3/b36-23+. The van der Waals surface area contributed by atoms with Crippen molar-refractivity contribution in [3.8, 4) is 0 Å². The van der Waals surface area contributed by atoms with Crippen molar-refractivity contribution in [2.24, 2.45) is 5.92 Å². The second-order valence-electron chi connectivity index (χ2n) is 12.0. The van der Waals surface area contributed by atoms with E-state index in [1.165, 1.54) is 72.4 Å². The summed E-state index contributed by atoms with van der Waals surface area (Å²) in [5, 5.41) is 0. The fraction of sp³-hybridized carbons (Fsp3) is 0.300. The second kappa shape index (κ2) is 11.8. The number of rotatable bonds is 9. The first-order valence-corrected chi connectivity index (χ1v) is 15.0. The number of benzene rings is 2. The summed E-state index contributed by atoms with van der Waals surface area (Å²) in [6.45, 7) is 22.5. The fourth-order valence-electron chi connectivity index (χ4n) is 6.85. The Hall–Kier alpha value is -3.64. The van der Waals surface area contributed by atoms with Crippen LogP contribution in [0.15, 0.2) is 132 Å². The molecular weight excluding hydrogens is 480 g/mol. The van der Waals surface area contributed by atoms with E-state index in [9.17, 15) is 0 Å². The Labute approximate surface area is 242 Å². The Kier molecular flexibility index (Phi) is 8.27. The molecule has 2 aromatic rings. The highest BCUT2D eigenvalue weighted by atomic mass is 14.4. The van der Waals surface area contributed by atoms with Gasteiger partial charge in [-0.15, -0.1) is 0 Å². The van der Waals surface area contributed by atoms with Gasteiger partial charge in [-0.3, -0.25) is 0 Å². The molecule has 2 atom stereocenters. The molecule has 1 saturated carbocycles. The third kappa shape index (κ3) is 5.50. The van der Waals surface area contributed by atoms with Crippen molar-refractivity contribution in [3.63, 3.8) is 0 Å². The van der Waals surface area contributed by atoms with Crippen molar-refractivity contribution in [2.45, 2.75) is 72.1 Å². The summed E-state index contributed by atoms with van der Waals surface area (Å²) < 4.78 is 0. The third-order valence-electron chi connectivity index (χ3n) is 8.87. The lowest BCUT2D eigenvalue weighted by Gasteiger charge is -2.34. The highest BCUT2D eigenvalue weighted by Gasteiger charge is 2.40. The first kappa shape index (κ1) is 27.9. The van der Waals surface area contributed by atoms with E-state index in [2.05, 4.69) is 114 Å². The zero-order valence-corrected chi connectivity index (χ0v) is 24.9. The van der Waals surface area contributed by atoms with Crippen LogP contribution in [0, 0.1) is 12.8 Å². The molecule has 0 aliphatic heterocycles. The molecule has 204 valence electrons. The van der Waals surface area contributed by atoms with Crippen LogP contribution in [-0.2, 0) is 0 Å². The molecule has 0 spiro atoms. The molecule has 0 heterocycles. The van der Waals surface area contributed by atoms with Crippen molar-refractivity contribution in [2.75, 3.05) is 0 Å². The van der Waals surface area contributed by atoms with Gasteiger partial charge in [0.25, 0.3) is 0 Å². The van der Waals surface area contributed by atoms with Crippen LogP contribution in [0.3, 0.4) is 0 Å². The minimum atomic E-state index is 0.281. The molecule has 0 bridgehead atoms. The minimum Gasteiger partial charge on any atom is -0.0955 e. The maximum Gasteiger partial charge on any atom is 0.0201 e. The number of allylic oxidation sites excluding steroid dienone is 13. The van der Waals surface area contributed by atoms with E-state index in [4.69, 9.17) is 6.58 Å². The molecule has 0 radical (unpaired) electrons. The van der Waals surface area contributed by atoms with Gasteiger partial charge in [0.1, 0.15) is 0 Å². The predicted molar refractivity (Wildman–Crippen MR) is 175 cm³/mol. The largest absolute Gasteiger partial charge is 0.0955 e.